The maximum Gasteiger partial charge on any atom is 0.335 e. The first-order valence-corrected chi connectivity index (χ1v) is 10.6. The zero-order valence-corrected chi connectivity index (χ0v) is 16.8. The van der Waals surface area contributed by atoms with E-state index in [-0.39, 0.29) is 24.7 Å². The highest BCUT2D eigenvalue weighted by atomic mass is 32.2. The van der Waals surface area contributed by atoms with Crippen LogP contribution < -0.4 is 0 Å². The maximum absolute atomic E-state index is 13.8. The third-order valence-electron chi connectivity index (χ3n) is 5.21. The normalized spacial score (nSPS) is 19.3. The maximum atomic E-state index is 13.8. The minimum absolute atomic E-state index is 0.0580. The first-order valence-electron chi connectivity index (χ1n) is 9.53. The lowest BCUT2D eigenvalue weighted by Gasteiger charge is -2.31. The molecule has 3 rings (SSSR count). The van der Waals surface area contributed by atoms with Crippen LogP contribution in [0.4, 0.5) is 4.39 Å². The number of carbonyl (C=O) groups is 1. The van der Waals surface area contributed by atoms with E-state index in [9.17, 15) is 17.9 Å². The van der Waals surface area contributed by atoms with Crippen molar-refractivity contribution in [2.45, 2.75) is 31.6 Å². The Morgan fingerprint density at radius 2 is 1.93 bits per heavy atom. The van der Waals surface area contributed by atoms with E-state index in [1.165, 1.54) is 16.4 Å². The minimum atomic E-state index is -2.42. The highest BCUT2D eigenvalue weighted by Crippen LogP contribution is 2.29. The lowest BCUT2D eigenvalue weighted by Crippen LogP contribution is -2.32. The Bertz CT molecular complexity index is 834. The number of nitrogens with zero attached hydrogens (tertiary/aromatic N) is 2. The van der Waals surface area contributed by atoms with E-state index >= 15 is 0 Å². The van der Waals surface area contributed by atoms with Gasteiger partial charge in [-0.15, -0.1) is 0 Å². The number of hydrogen-bond acceptors (Lipinski definition) is 4. The highest BCUT2D eigenvalue weighted by molar-refractivity contribution is 7.76. The molecule has 6 nitrogen and oxygen atoms in total. The van der Waals surface area contributed by atoms with Gasteiger partial charge in [-0.3, -0.25) is 9.11 Å². The summed E-state index contributed by atoms with van der Waals surface area (Å²) in [4.78, 5) is 13.0. The van der Waals surface area contributed by atoms with E-state index in [2.05, 4.69) is 4.90 Å². The zero-order chi connectivity index (χ0) is 20.8. The van der Waals surface area contributed by atoms with Gasteiger partial charge >= 0.3 is 5.97 Å². The lowest BCUT2D eigenvalue weighted by atomic mass is 10.0. The summed E-state index contributed by atoms with van der Waals surface area (Å²) in [6, 6.07) is 15.8. The van der Waals surface area contributed by atoms with Gasteiger partial charge in [0.15, 0.2) is 0 Å². The molecular formula is C21H24FN2O4S-. The number of alkyl halides is 1. The van der Waals surface area contributed by atoms with Gasteiger partial charge in [0.25, 0.3) is 0 Å². The second-order valence-electron chi connectivity index (χ2n) is 7.18. The summed E-state index contributed by atoms with van der Waals surface area (Å²) < 4.78 is 38.6. The largest absolute Gasteiger partial charge is 0.760 e. The Morgan fingerprint density at radius 1 is 1.24 bits per heavy atom. The van der Waals surface area contributed by atoms with Crippen molar-refractivity contribution in [1.82, 2.24) is 9.21 Å². The molecule has 1 saturated heterocycles. The van der Waals surface area contributed by atoms with Gasteiger partial charge in [-0.25, -0.2) is 13.5 Å². The van der Waals surface area contributed by atoms with Gasteiger partial charge in [-0.05, 0) is 36.1 Å². The summed E-state index contributed by atoms with van der Waals surface area (Å²) in [5, 5.41) is 8.98. The minimum Gasteiger partial charge on any atom is -0.760 e. The van der Waals surface area contributed by atoms with Crippen LogP contribution in [0.15, 0.2) is 54.6 Å². The van der Waals surface area contributed by atoms with Gasteiger partial charge in [0, 0.05) is 43.5 Å². The highest BCUT2D eigenvalue weighted by Gasteiger charge is 2.29. The quantitative estimate of drug-likeness (QED) is 0.631. The van der Waals surface area contributed by atoms with Crippen molar-refractivity contribution in [2.75, 3.05) is 19.6 Å². The topological polar surface area (TPSA) is 83.9 Å². The molecule has 2 aromatic rings. The summed E-state index contributed by atoms with van der Waals surface area (Å²) in [6.45, 7) is 1.45. The molecule has 0 saturated carbocycles. The molecule has 0 spiro atoms. The molecule has 2 aromatic carbocycles. The standard InChI is InChI=1S/C21H25FN2O4S/c22-19-10-12-23(15-19)20(17-4-2-1-3-5-17)11-13-24(29(27)28)14-16-6-8-18(9-7-16)21(25)26/h1-9,19-20H,10-15H2,(H,25,26)(H,27,28)/p-1/t19-,20-/m1/s1. The van der Waals surface area contributed by atoms with Crippen molar-refractivity contribution in [1.29, 1.82) is 0 Å². The monoisotopic (exact) mass is 419 g/mol. The van der Waals surface area contributed by atoms with E-state index in [4.69, 9.17) is 5.11 Å². The fourth-order valence-electron chi connectivity index (χ4n) is 3.69. The molecule has 156 valence electrons. The molecular weight excluding hydrogens is 395 g/mol. The van der Waals surface area contributed by atoms with Crippen molar-refractivity contribution in [3.63, 3.8) is 0 Å². The second kappa shape index (κ2) is 10.1. The van der Waals surface area contributed by atoms with Gasteiger partial charge in [0.2, 0.25) is 0 Å². The number of likely N-dealkylation sites (tertiary alicyclic amines) is 1. The fourth-order valence-corrected chi connectivity index (χ4v) is 4.20. The molecule has 3 atom stereocenters. The fraction of sp³-hybridized carbons (Fsp3) is 0.381. The van der Waals surface area contributed by atoms with Gasteiger partial charge in [-0.1, -0.05) is 42.5 Å². The molecule has 1 aliphatic rings. The number of halogens is 1. The second-order valence-corrected chi connectivity index (χ2v) is 8.13. The average molecular weight is 419 g/mol. The van der Waals surface area contributed by atoms with Crippen molar-refractivity contribution in [3.05, 3.63) is 71.3 Å². The van der Waals surface area contributed by atoms with Crippen LogP contribution in [0.1, 0.15) is 40.4 Å². The number of carboxylic acids is 1. The molecule has 1 unspecified atom stereocenters. The smallest absolute Gasteiger partial charge is 0.335 e. The number of benzene rings is 2. The number of rotatable bonds is 9. The molecule has 0 bridgehead atoms. The molecule has 0 radical (unpaired) electrons. The van der Waals surface area contributed by atoms with Crippen LogP contribution in [0.25, 0.3) is 0 Å². The molecule has 1 aliphatic heterocycles. The molecule has 8 heteroatoms. The molecule has 1 fully saturated rings. The van der Waals surface area contributed by atoms with Crippen LogP contribution in [0, 0.1) is 0 Å². The first kappa shape index (κ1) is 21.6. The third kappa shape index (κ3) is 5.93. The van der Waals surface area contributed by atoms with Gasteiger partial charge in [0.1, 0.15) is 6.17 Å². The summed E-state index contributed by atoms with van der Waals surface area (Å²) >= 11 is -2.42. The molecule has 0 aromatic heterocycles. The third-order valence-corrected chi connectivity index (χ3v) is 5.94. The summed E-state index contributed by atoms with van der Waals surface area (Å²) in [7, 11) is 0. The number of hydrogen-bond donors (Lipinski definition) is 1. The van der Waals surface area contributed by atoms with Crippen LogP contribution in [0.3, 0.4) is 0 Å². The van der Waals surface area contributed by atoms with Crippen LogP contribution in [-0.4, -0.2) is 54.8 Å². The summed E-state index contributed by atoms with van der Waals surface area (Å²) in [6.07, 6.45) is 0.188. The van der Waals surface area contributed by atoms with E-state index in [1.807, 2.05) is 30.3 Å². The van der Waals surface area contributed by atoms with Crippen LogP contribution in [0.2, 0.25) is 0 Å². The number of carboxylic acid groups (broad SMARTS) is 1. The number of aromatic carboxylic acids is 1. The molecule has 0 amide bonds. The predicted molar refractivity (Wildman–Crippen MR) is 108 cm³/mol. The molecule has 0 aliphatic carbocycles. The van der Waals surface area contributed by atoms with Crippen LogP contribution in [0.5, 0.6) is 0 Å². The van der Waals surface area contributed by atoms with Gasteiger partial charge in [-0.2, -0.15) is 0 Å². The Balaban J connectivity index is 1.69. The van der Waals surface area contributed by atoms with Crippen molar-refractivity contribution in [3.8, 4) is 0 Å². The molecule has 29 heavy (non-hydrogen) atoms. The van der Waals surface area contributed by atoms with Gasteiger partial charge in [0.05, 0.1) is 5.56 Å². The lowest BCUT2D eigenvalue weighted by molar-refractivity contribution is 0.0697. The van der Waals surface area contributed by atoms with E-state index in [1.54, 1.807) is 12.1 Å². The van der Waals surface area contributed by atoms with Crippen molar-refractivity contribution < 1.29 is 23.1 Å². The molecule has 1 N–H and O–H groups in total. The van der Waals surface area contributed by atoms with E-state index in [0.717, 1.165) is 5.56 Å². The van der Waals surface area contributed by atoms with Crippen molar-refractivity contribution >= 4 is 17.2 Å². The Labute approximate surface area is 172 Å². The van der Waals surface area contributed by atoms with Crippen LogP contribution >= 0.6 is 0 Å². The van der Waals surface area contributed by atoms with E-state index < -0.39 is 23.4 Å². The summed E-state index contributed by atoms with van der Waals surface area (Å²) in [5.74, 6) is -1.02. The van der Waals surface area contributed by atoms with E-state index in [0.29, 0.717) is 31.5 Å². The average Bonchev–Trinajstić information content (AvgIpc) is 3.14. The van der Waals surface area contributed by atoms with Crippen LogP contribution in [-0.2, 0) is 17.8 Å². The predicted octanol–water partition coefficient (Wildman–Crippen LogP) is 3.16. The van der Waals surface area contributed by atoms with Crippen molar-refractivity contribution in [2.24, 2.45) is 0 Å². The Kier molecular flexibility index (Phi) is 7.49. The summed E-state index contributed by atoms with van der Waals surface area (Å²) in [5.41, 5.74) is 1.91. The van der Waals surface area contributed by atoms with Gasteiger partial charge < -0.3 is 9.66 Å². The Morgan fingerprint density at radius 3 is 2.48 bits per heavy atom. The SMILES string of the molecule is O=C(O)c1ccc(CN(CC[C@H](c2ccccc2)N2CC[C@@H](F)C2)S(=O)[O-])cc1. The zero-order valence-electron chi connectivity index (χ0n) is 15.9. The first-order chi connectivity index (χ1) is 13.9. The molecule has 1 heterocycles. The Hall–Kier alpha value is -2.13.